The summed E-state index contributed by atoms with van der Waals surface area (Å²) in [4.78, 5) is 16.2. The average Bonchev–Trinajstić information content (AvgIpc) is 2.90. The fraction of sp³-hybridized carbons (Fsp3) is 0.286. The summed E-state index contributed by atoms with van der Waals surface area (Å²) in [5.74, 6) is -0.802. The van der Waals surface area contributed by atoms with Gasteiger partial charge in [0.1, 0.15) is 16.5 Å². The Balaban J connectivity index is 2.21. The molecule has 0 fully saturated rings. The van der Waals surface area contributed by atoms with Crippen molar-refractivity contribution in [1.82, 2.24) is 4.98 Å². The van der Waals surface area contributed by atoms with Crippen molar-refractivity contribution in [3.8, 4) is 0 Å². The van der Waals surface area contributed by atoms with Crippen LogP contribution in [-0.2, 0) is 6.54 Å². The van der Waals surface area contributed by atoms with E-state index in [1.165, 1.54) is 23.5 Å². The van der Waals surface area contributed by atoms with E-state index in [4.69, 9.17) is 5.73 Å². The van der Waals surface area contributed by atoms with Gasteiger partial charge in [0.25, 0.3) is 5.91 Å². The van der Waals surface area contributed by atoms with Crippen LogP contribution in [0, 0.1) is 5.82 Å². The second-order valence-corrected chi connectivity index (χ2v) is 5.72. The maximum absolute atomic E-state index is 13.4. The van der Waals surface area contributed by atoms with Gasteiger partial charge in [0, 0.05) is 18.0 Å². The number of nitrogens with zero attached hydrogens (tertiary/aromatic N) is 1. The normalized spacial score (nSPS) is 10.7. The average molecular weight is 308 g/mol. The molecule has 0 bridgehead atoms. The van der Waals surface area contributed by atoms with Gasteiger partial charge in [-0.3, -0.25) is 4.79 Å². The number of benzene rings is 1. The first kappa shape index (κ1) is 15.4. The Labute approximate surface area is 126 Å². The lowest BCUT2D eigenvalue weighted by Gasteiger charge is -2.15. The molecule has 0 saturated heterocycles. The molecule has 2 rings (SSSR count). The lowest BCUT2D eigenvalue weighted by Crippen LogP contribution is -2.17. The van der Waals surface area contributed by atoms with E-state index < -0.39 is 5.82 Å². The maximum atomic E-state index is 13.4. The van der Waals surface area contributed by atoms with Crippen molar-refractivity contribution >= 4 is 28.6 Å². The Morgan fingerprint density at radius 2 is 2.19 bits per heavy atom. The number of carbonyl (C=O) groups excluding carboxylic acids is 1. The van der Waals surface area contributed by atoms with Crippen molar-refractivity contribution in [3.05, 3.63) is 40.1 Å². The van der Waals surface area contributed by atoms with Gasteiger partial charge in [0.15, 0.2) is 0 Å². The number of thiazole rings is 1. The molecule has 4 N–H and O–H groups in total. The number of nitrogens with one attached hydrogen (secondary N) is 2. The third-order valence-corrected chi connectivity index (χ3v) is 3.50. The molecule has 2 aromatic rings. The van der Waals surface area contributed by atoms with Crippen molar-refractivity contribution in [2.75, 3.05) is 10.6 Å². The van der Waals surface area contributed by atoms with Crippen molar-refractivity contribution in [2.45, 2.75) is 26.4 Å². The van der Waals surface area contributed by atoms with E-state index in [0.29, 0.717) is 16.4 Å². The minimum atomic E-state index is -0.416. The fourth-order valence-corrected chi connectivity index (χ4v) is 2.41. The van der Waals surface area contributed by atoms with Gasteiger partial charge >= 0.3 is 0 Å². The standard InChI is InChI=1S/C14H17FN4OS/c1-8(2)17-10-4-3-9(15)5-11(10)19-14(20)12-7-21-13(6-16)18-12/h3-5,7-8,17H,6,16H2,1-2H3,(H,19,20). The number of nitrogens with two attached hydrogens (primary N) is 1. The summed E-state index contributed by atoms with van der Waals surface area (Å²) in [7, 11) is 0. The highest BCUT2D eigenvalue weighted by Crippen LogP contribution is 2.24. The molecule has 0 atom stereocenters. The fourth-order valence-electron chi connectivity index (χ4n) is 1.75. The monoisotopic (exact) mass is 308 g/mol. The van der Waals surface area contributed by atoms with Crippen LogP contribution in [0.1, 0.15) is 29.3 Å². The highest BCUT2D eigenvalue weighted by Gasteiger charge is 2.13. The SMILES string of the molecule is CC(C)Nc1ccc(F)cc1NC(=O)c1csc(CN)n1. The van der Waals surface area contributed by atoms with E-state index >= 15 is 0 Å². The van der Waals surface area contributed by atoms with Crippen LogP contribution in [0.4, 0.5) is 15.8 Å². The van der Waals surface area contributed by atoms with Crippen LogP contribution in [0.25, 0.3) is 0 Å². The molecule has 1 heterocycles. The first-order valence-corrected chi connectivity index (χ1v) is 7.39. The number of amides is 1. The van der Waals surface area contributed by atoms with Gasteiger partial charge in [-0.05, 0) is 32.0 Å². The van der Waals surface area contributed by atoms with Gasteiger partial charge in [-0.15, -0.1) is 11.3 Å². The molecule has 5 nitrogen and oxygen atoms in total. The van der Waals surface area contributed by atoms with Crippen LogP contribution in [0.5, 0.6) is 0 Å². The summed E-state index contributed by atoms with van der Waals surface area (Å²) in [5, 5.41) is 8.14. The summed E-state index contributed by atoms with van der Waals surface area (Å²) < 4.78 is 13.4. The summed E-state index contributed by atoms with van der Waals surface area (Å²) in [6.45, 7) is 4.21. The van der Waals surface area contributed by atoms with E-state index in [0.717, 1.165) is 0 Å². The zero-order valence-electron chi connectivity index (χ0n) is 11.8. The van der Waals surface area contributed by atoms with Crippen molar-refractivity contribution < 1.29 is 9.18 Å². The molecule has 0 aliphatic rings. The summed E-state index contributed by atoms with van der Waals surface area (Å²) in [6, 6.07) is 4.38. The predicted octanol–water partition coefficient (Wildman–Crippen LogP) is 2.81. The van der Waals surface area contributed by atoms with Gasteiger partial charge in [-0.2, -0.15) is 0 Å². The van der Waals surface area contributed by atoms with E-state index in [1.54, 1.807) is 11.4 Å². The van der Waals surface area contributed by atoms with E-state index in [2.05, 4.69) is 15.6 Å². The summed E-state index contributed by atoms with van der Waals surface area (Å²) in [6.07, 6.45) is 0. The van der Waals surface area contributed by atoms with E-state index in [1.807, 2.05) is 13.8 Å². The first-order valence-electron chi connectivity index (χ1n) is 6.51. The van der Waals surface area contributed by atoms with Gasteiger partial charge in [-0.1, -0.05) is 0 Å². The van der Waals surface area contributed by atoms with Crippen LogP contribution in [0.15, 0.2) is 23.6 Å². The molecule has 7 heteroatoms. The van der Waals surface area contributed by atoms with Crippen molar-refractivity contribution in [1.29, 1.82) is 0 Å². The molecule has 0 aliphatic heterocycles. The summed E-state index contributed by atoms with van der Waals surface area (Å²) in [5.41, 5.74) is 6.80. The van der Waals surface area contributed by atoms with Gasteiger partial charge in [-0.25, -0.2) is 9.37 Å². The van der Waals surface area contributed by atoms with Crippen LogP contribution in [-0.4, -0.2) is 16.9 Å². The van der Waals surface area contributed by atoms with Gasteiger partial charge in [0.05, 0.1) is 11.4 Å². The van der Waals surface area contributed by atoms with Crippen LogP contribution in [0.2, 0.25) is 0 Å². The second kappa shape index (κ2) is 6.64. The third kappa shape index (κ3) is 3.99. The quantitative estimate of drug-likeness (QED) is 0.793. The van der Waals surface area contributed by atoms with Crippen LogP contribution >= 0.6 is 11.3 Å². The number of hydrogen-bond acceptors (Lipinski definition) is 5. The molecule has 1 amide bonds. The zero-order valence-corrected chi connectivity index (χ0v) is 12.6. The molecule has 1 aromatic heterocycles. The maximum Gasteiger partial charge on any atom is 0.275 e. The van der Waals surface area contributed by atoms with Gasteiger partial charge in [0.2, 0.25) is 0 Å². The van der Waals surface area contributed by atoms with Crippen molar-refractivity contribution in [2.24, 2.45) is 5.73 Å². The van der Waals surface area contributed by atoms with Gasteiger partial charge < -0.3 is 16.4 Å². The number of aromatic nitrogens is 1. The predicted molar refractivity (Wildman–Crippen MR) is 83.1 cm³/mol. The Hall–Kier alpha value is -1.99. The molecule has 0 unspecified atom stereocenters. The summed E-state index contributed by atoms with van der Waals surface area (Å²) >= 11 is 1.32. The molecule has 1 aromatic carbocycles. The number of anilines is 2. The molecule has 0 aliphatic carbocycles. The number of halogens is 1. The molecule has 0 radical (unpaired) electrons. The molecule has 112 valence electrons. The van der Waals surface area contributed by atoms with E-state index in [9.17, 15) is 9.18 Å². The number of rotatable bonds is 5. The Bertz CT molecular complexity index is 642. The second-order valence-electron chi connectivity index (χ2n) is 4.77. The highest BCUT2D eigenvalue weighted by molar-refractivity contribution is 7.09. The lowest BCUT2D eigenvalue weighted by molar-refractivity contribution is 0.102. The topological polar surface area (TPSA) is 80.0 Å². The lowest BCUT2D eigenvalue weighted by atomic mass is 10.2. The van der Waals surface area contributed by atoms with E-state index in [-0.39, 0.29) is 24.2 Å². The minimum Gasteiger partial charge on any atom is -0.381 e. The third-order valence-electron chi connectivity index (χ3n) is 2.63. The Morgan fingerprint density at radius 1 is 1.43 bits per heavy atom. The molecular weight excluding hydrogens is 291 g/mol. The molecule has 0 spiro atoms. The number of carbonyl (C=O) groups is 1. The first-order chi connectivity index (χ1) is 9.99. The number of hydrogen-bond donors (Lipinski definition) is 3. The minimum absolute atomic E-state index is 0.161. The largest absolute Gasteiger partial charge is 0.381 e. The zero-order chi connectivity index (χ0) is 15.4. The highest BCUT2D eigenvalue weighted by atomic mass is 32.1. The molecule has 0 saturated carbocycles. The molecule has 21 heavy (non-hydrogen) atoms. The Kier molecular flexibility index (Phi) is 4.87. The van der Waals surface area contributed by atoms with Crippen molar-refractivity contribution in [3.63, 3.8) is 0 Å². The van der Waals surface area contributed by atoms with Crippen LogP contribution < -0.4 is 16.4 Å². The smallest absolute Gasteiger partial charge is 0.275 e. The molecular formula is C14H17FN4OS. The van der Waals surface area contributed by atoms with Crippen LogP contribution in [0.3, 0.4) is 0 Å². The Morgan fingerprint density at radius 3 is 2.81 bits per heavy atom.